The van der Waals surface area contributed by atoms with Crippen molar-refractivity contribution in [1.29, 1.82) is 0 Å². The molecule has 0 bridgehead atoms. The van der Waals surface area contributed by atoms with E-state index in [1.165, 1.54) is 6.20 Å². The number of nitrogens with zero attached hydrogens (tertiary/aromatic N) is 5. The second-order valence-electron chi connectivity index (χ2n) is 6.14. The van der Waals surface area contributed by atoms with Crippen LogP contribution in [0.5, 0.6) is 0 Å². The number of hydrogen-bond acceptors (Lipinski definition) is 5. The third-order valence-corrected chi connectivity index (χ3v) is 5.34. The average molecular weight is 386 g/mol. The lowest BCUT2D eigenvalue weighted by atomic mass is 10.1. The van der Waals surface area contributed by atoms with Crippen molar-refractivity contribution in [2.24, 2.45) is 0 Å². The zero-order chi connectivity index (χ0) is 18.8. The topological polar surface area (TPSA) is 107 Å². The molecule has 140 valence electrons. The number of piperazine rings is 1. The van der Waals surface area contributed by atoms with Crippen molar-refractivity contribution in [2.75, 3.05) is 31.1 Å². The molecule has 1 fully saturated rings. The fourth-order valence-corrected chi connectivity index (χ4v) is 3.52. The molecule has 2 N–H and O–H groups in total. The van der Waals surface area contributed by atoms with E-state index in [0.717, 1.165) is 16.8 Å². The standard InChI is InChI=1S/C17H18N6O3S/c24-17-18-10-16(11-19-17)23-12-14(9-20-23)13-1-3-15(4-2-13)21-5-7-22(8-6-21)27(25)26/h1-4,9-12H,5-8H2,(H,25,26)(H,18,19,24). The van der Waals surface area contributed by atoms with E-state index in [-0.39, 0.29) is 0 Å². The van der Waals surface area contributed by atoms with Gasteiger partial charge in [0.15, 0.2) is 0 Å². The number of benzene rings is 1. The quantitative estimate of drug-likeness (QED) is 0.645. The lowest BCUT2D eigenvalue weighted by Crippen LogP contribution is -2.46. The molecule has 0 amide bonds. The summed E-state index contributed by atoms with van der Waals surface area (Å²) in [5.41, 5.74) is 3.34. The van der Waals surface area contributed by atoms with Gasteiger partial charge in [0.2, 0.25) is 11.3 Å². The van der Waals surface area contributed by atoms with E-state index < -0.39 is 17.0 Å². The molecule has 1 aromatic carbocycles. The van der Waals surface area contributed by atoms with Crippen molar-refractivity contribution in [1.82, 2.24) is 24.1 Å². The maximum absolute atomic E-state index is 11.1. The molecule has 0 saturated carbocycles. The Morgan fingerprint density at radius 2 is 1.74 bits per heavy atom. The van der Waals surface area contributed by atoms with Crippen LogP contribution < -0.4 is 10.6 Å². The minimum Gasteiger partial charge on any atom is -0.369 e. The van der Waals surface area contributed by atoms with E-state index in [0.29, 0.717) is 31.9 Å². The molecule has 1 saturated heterocycles. The van der Waals surface area contributed by atoms with Gasteiger partial charge in [-0.3, -0.25) is 4.55 Å². The van der Waals surface area contributed by atoms with Crippen LogP contribution in [0.3, 0.4) is 0 Å². The van der Waals surface area contributed by atoms with Gasteiger partial charge in [0.25, 0.3) is 0 Å². The first-order chi connectivity index (χ1) is 13.1. The van der Waals surface area contributed by atoms with Crippen molar-refractivity contribution in [2.45, 2.75) is 0 Å². The maximum atomic E-state index is 11.1. The van der Waals surface area contributed by atoms with Gasteiger partial charge in [-0.25, -0.2) is 13.7 Å². The van der Waals surface area contributed by atoms with Gasteiger partial charge in [0.1, 0.15) is 0 Å². The Labute approximate surface area is 157 Å². The SMILES string of the molecule is O=c1ncc(-n2cc(-c3ccc(N4CCN(S(=O)O)CC4)cc3)cn2)c[nH]1. The van der Waals surface area contributed by atoms with Crippen LogP contribution in [0, 0.1) is 0 Å². The highest BCUT2D eigenvalue weighted by Crippen LogP contribution is 2.24. The van der Waals surface area contributed by atoms with E-state index in [2.05, 4.69) is 20.0 Å². The van der Waals surface area contributed by atoms with Crippen LogP contribution in [-0.4, -0.2) is 59.0 Å². The Kier molecular flexibility index (Phi) is 4.84. The summed E-state index contributed by atoms with van der Waals surface area (Å²) in [6, 6.07) is 8.14. The molecule has 0 aliphatic carbocycles. The molecule has 1 aliphatic heterocycles. The summed E-state index contributed by atoms with van der Waals surface area (Å²) >= 11 is -1.89. The fraction of sp³-hybridized carbons (Fsp3) is 0.235. The number of anilines is 1. The van der Waals surface area contributed by atoms with Crippen LogP contribution in [0.25, 0.3) is 16.8 Å². The number of rotatable bonds is 4. The summed E-state index contributed by atoms with van der Waals surface area (Å²) in [6.07, 6.45) is 6.67. The summed E-state index contributed by atoms with van der Waals surface area (Å²) in [5.74, 6) is 0. The van der Waals surface area contributed by atoms with Gasteiger partial charge in [-0.15, -0.1) is 0 Å². The van der Waals surface area contributed by atoms with E-state index in [1.807, 2.05) is 30.5 Å². The molecular weight excluding hydrogens is 368 g/mol. The van der Waals surface area contributed by atoms with Crippen LogP contribution in [0.2, 0.25) is 0 Å². The normalized spacial score (nSPS) is 16.4. The van der Waals surface area contributed by atoms with Gasteiger partial charge in [0, 0.05) is 49.8 Å². The first-order valence-electron chi connectivity index (χ1n) is 8.41. The highest BCUT2D eigenvalue weighted by Gasteiger charge is 2.20. The number of H-pyrrole nitrogens is 1. The molecular formula is C17H18N6O3S. The molecule has 9 nitrogen and oxygen atoms in total. The highest BCUT2D eigenvalue weighted by atomic mass is 32.2. The second kappa shape index (κ2) is 7.43. The molecule has 27 heavy (non-hydrogen) atoms. The molecule has 0 radical (unpaired) electrons. The molecule has 1 aliphatic rings. The smallest absolute Gasteiger partial charge is 0.345 e. The number of aromatic amines is 1. The molecule has 1 unspecified atom stereocenters. The van der Waals surface area contributed by atoms with Gasteiger partial charge < -0.3 is 9.88 Å². The molecule has 1 atom stereocenters. The van der Waals surface area contributed by atoms with Crippen molar-refractivity contribution in [3.8, 4) is 16.8 Å². The molecule has 3 aromatic rings. The maximum Gasteiger partial charge on any atom is 0.345 e. The second-order valence-corrected chi connectivity index (χ2v) is 7.12. The van der Waals surface area contributed by atoms with Crippen LogP contribution in [0.4, 0.5) is 5.69 Å². The Bertz CT molecular complexity index is 988. The Morgan fingerprint density at radius 3 is 2.37 bits per heavy atom. The van der Waals surface area contributed by atoms with E-state index in [9.17, 15) is 9.00 Å². The van der Waals surface area contributed by atoms with Crippen molar-refractivity contribution in [3.05, 3.63) is 59.5 Å². The number of nitrogens with one attached hydrogen (secondary N) is 1. The number of aromatic nitrogens is 4. The lowest BCUT2D eigenvalue weighted by Gasteiger charge is -2.33. The zero-order valence-corrected chi connectivity index (χ0v) is 15.2. The Morgan fingerprint density at radius 1 is 1.00 bits per heavy atom. The third kappa shape index (κ3) is 3.82. The van der Waals surface area contributed by atoms with Gasteiger partial charge in [0.05, 0.1) is 18.1 Å². The fourth-order valence-electron chi connectivity index (χ4n) is 3.04. The molecule has 4 rings (SSSR count). The van der Waals surface area contributed by atoms with Crippen LogP contribution in [0.15, 0.2) is 53.8 Å². The molecule has 2 aromatic heterocycles. The first-order valence-corrected chi connectivity index (χ1v) is 9.47. The van der Waals surface area contributed by atoms with E-state index >= 15 is 0 Å². The van der Waals surface area contributed by atoms with Crippen LogP contribution >= 0.6 is 0 Å². The monoisotopic (exact) mass is 386 g/mol. The van der Waals surface area contributed by atoms with E-state index in [1.54, 1.807) is 21.4 Å². The summed E-state index contributed by atoms with van der Waals surface area (Å²) in [4.78, 5) is 19.5. The Balaban J connectivity index is 1.47. The third-order valence-electron chi connectivity index (χ3n) is 4.53. The van der Waals surface area contributed by atoms with Crippen LogP contribution in [0.1, 0.15) is 0 Å². The summed E-state index contributed by atoms with van der Waals surface area (Å²) < 4.78 is 23.5. The molecule has 3 heterocycles. The summed E-state index contributed by atoms with van der Waals surface area (Å²) in [7, 11) is 0. The minimum atomic E-state index is -1.89. The van der Waals surface area contributed by atoms with E-state index in [4.69, 9.17) is 4.55 Å². The summed E-state index contributed by atoms with van der Waals surface area (Å²) in [5, 5.41) is 4.32. The average Bonchev–Trinajstić information content (AvgIpc) is 3.19. The van der Waals surface area contributed by atoms with Crippen molar-refractivity contribution >= 4 is 17.0 Å². The molecule has 0 spiro atoms. The highest BCUT2D eigenvalue weighted by molar-refractivity contribution is 7.76. The first kappa shape index (κ1) is 17.6. The Hall–Kier alpha value is -2.82. The molecule has 10 heteroatoms. The van der Waals surface area contributed by atoms with Crippen molar-refractivity contribution < 1.29 is 8.76 Å². The zero-order valence-electron chi connectivity index (χ0n) is 14.4. The predicted molar refractivity (Wildman–Crippen MR) is 102 cm³/mol. The van der Waals surface area contributed by atoms with Gasteiger partial charge in [-0.2, -0.15) is 14.4 Å². The lowest BCUT2D eigenvalue weighted by molar-refractivity contribution is 0.373. The number of hydrogen-bond donors (Lipinski definition) is 2. The largest absolute Gasteiger partial charge is 0.369 e. The van der Waals surface area contributed by atoms with Crippen molar-refractivity contribution in [3.63, 3.8) is 0 Å². The summed E-state index contributed by atoms with van der Waals surface area (Å²) in [6.45, 7) is 2.54. The van der Waals surface area contributed by atoms with Gasteiger partial charge in [-0.05, 0) is 17.7 Å². The van der Waals surface area contributed by atoms with Gasteiger partial charge in [-0.1, -0.05) is 12.1 Å². The van der Waals surface area contributed by atoms with Crippen LogP contribution in [-0.2, 0) is 11.3 Å². The predicted octanol–water partition coefficient (Wildman–Crippen LogP) is 0.881. The van der Waals surface area contributed by atoms with Gasteiger partial charge >= 0.3 is 5.69 Å². The minimum absolute atomic E-state index is 0.396.